The maximum atomic E-state index is 5.63. The van der Waals surface area contributed by atoms with Gasteiger partial charge in [0.1, 0.15) is 5.75 Å². The van der Waals surface area contributed by atoms with E-state index < -0.39 is 0 Å². The Morgan fingerprint density at radius 1 is 1.24 bits per heavy atom. The molecule has 1 saturated heterocycles. The summed E-state index contributed by atoms with van der Waals surface area (Å²) in [6.07, 6.45) is 7.46. The lowest BCUT2D eigenvalue weighted by Gasteiger charge is -2.30. The van der Waals surface area contributed by atoms with Gasteiger partial charge in [0, 0.05) is 38.4 Å². The van der Waals surface area contributed by atoms with Gasteiger partial charge in [-0.1, -0.05) is 18.2 Å². The standard InChI is InChI=1S/C22H34N6O/c1-18-15-26-28(17-18)14-8-11-24-22(23-2)25-16-20(27-12-6-7-13-27)19-9-4-5-10-21(19)29-3/h4-5,9-10,15,17,20H,6-8,11-14,16H2,1-3H3,(H2,23,24,25). The summed E-state index contributed by atoms with van der Waals surface area (Å²) in [4.78, 5) is 6.93. The molecule has 0 spiro atoms. The number of guanidine groups is 1. The number of nitrogens with zero attached hydrogens (tertiary/aromatic N) is 4. The van der Waals surface area contributed by atoms with E-state index in [1.54, 1.807) is 7.11 Å². The van der Waals surface area contributed by atoms with E-state index in [1.165, 1.54) is 24.0 Å². The van der Waals surface area contributed by atoms with Crippen molar-refractivity contribution < 1.29 is 4.74 Å². The number of methoxy groups -OCH3 is 1. The van der Waals surface area contributed by atoms with Crippen molar-refractivity contribution in [2.75, 3.05) is 40.3 Å². The number of nitrogens with one attached hydrogen (secondary N) is 2. The van der Waals surface area contributed by atoms with Gasteiger partial charge in [0.25, 0.3) is 0 Å². The highest BCUT2D eigenvalue weighted by Gasteiger charge is 2.25. The number of likely N-dealkylation sites (tertiary alicyclic amines) is 1. The second-order valence-corrected chi connectivity index (χ2v) is 7.52. The van der Waals surface area contributed by atoms with Gasteiger partial charge in [-0.15, -0.1) is 0 Å². The molecule has 2 heterocycles. The van der Waals surface area contributed by atoms with Crippen LogP contribution in [-0.4, -0.2) is 61.0 Å². The van der Waals surface area contributed by atoms with Crippen LogP contribution in [0.5, 0.6) is 5.75 Å². The van der Waals surface area contributed by atoms with Crippen molar-refractivity contribution in [2.24, 2.45) is 4.99 Å². The zero-order chi connectivity index (χ0) is 20.5. The van der Waals surface area contributed by atoms with Gasteiger partial charge in [0.05, 0.1) is 19.3 Å². The lowest BCUT2D eigenvalue weighted by Crippen LogP contribution is -2.43. The predicted molar refractivity (Wildman–Crippen MR) is 117 cm³/mol. The molecule has 1 fully saturated rings. The average Bonchev–Trinajstić information content (AvgIpc) is 3.42. The molecule has 0 amide bonds. The van der Waals surface area contributed by atoms with Crippen molar-refractivity contribution in [3.63, 3.8) is 0 Å². The number of ether oxygens (including phenoxy) is 1. The van der Waals surface area contributed by atoms with E-state index in [2.05, 4.69) is 50.9 Å². The Kier molecular flexibility index (Phi) is 7.93. The van der Waals surface area contributed by atoms with Crippen LogP contribution in [-0.2, 0) is 6.54 Å². The molecule has 2 N–H and O–H groups in total. The van der Waals surface area contributed by atoms with Gasteiger partial charge in [-0.05, 0) is 50.9 Å². The van der Waals surface area contributed by atoms with E-state index in [9.17, 15) is 0 Å². The molecule has 3 rings (SSSR count). The predicted octanol–water partition coefficient (Wildman–Crippen LogP) is 2.59. The van der Waals surface area contributed by atoms with E-state index in [1.807, 2.05) is 30.1 Å². The highest BCUT2D eigenvalue weighted by molar-refractivity contribution is 5.79. The van der Waals surface area contributed by atoms with Crippen LogP contribution in [0, 0.1) is 6.92 Å². The van der Waals surface area contributed by atoms with Gasteiger partial charge >= 0.3 is 0 Å². The van der Waals surface area contributed by atoms with Crippen LogP contribution in [0.15, 0.2) is 41.7 Å². The van der Waals surface area contributed by atoms with E-state index in [0.29, 0.717) is 0 Å². The third-order valence-electron chi connectivity index (χ3n) is 5.38. The summed E-state index contributed by atoms with van der Waals surface area (Å²) in [5.74, 6) is 1.78. The highest BCUT2D eigenvalue weighted by atomic mass is 16.5. The van der Waals surface area contributed by atoms with Crippen LogP contribution in [0.1, 0.15) is 36.4 Å². The minimum Gasteiger partial charge on any atom is -0.496 e. The molecule has 0 radical (unpaired) electrons. The van der Waals surface area contributed by atoms with Crippen LogP contribution < -0.4 is 15.4 Å². The second-order valence-electron chi connectivity index (χ2n) is 7.52. The third-order valence-corrected chi connectivity index (χ3v) is 5.38. The van der Waals surface area contributed by atoms with Crippen LogP contribution in [0.3, 0.4) is 0 Å². The molecule has 7 heteroatoms. The summed E-state index contributed by atoms with van der Waals surface area (Å²) in [6, 6.07) is 8.59. The molecule has 0 bridgehead atoms. The Hall–Kier alpha value is -2.54. The van der Waals surface area contributed by atoms with Crippen molar-refractivity contribution >= 4 is 5.96 Å². The summed E-state index contributed by atoms with van der Waals surface area (Å²) in [5.41, 5.74) is 2.42. The molecule has 158 valence electrons. The number of hydrogen-bond acceptors (Lipinski definition) is 4. The first-order chi connectivity index (χ1) is 14.2. The smallest absolute Gasteiger partial charge is 0.191 e. The minimum atomic E-state index is 0.263. The molecule has 1 aliphatic rings. The molecule has 0 saturated carbocycles. The van der Waals surface area contributed by atoms with Gasteiger partial charge in [-0.25, -0.2) is 0 Å². The van der Waals surface area contributed by atoms with E-state index in [-0.39, 0.29) is 6.04 Å². The molecular formula is C22H34N6O. The number of hydrogen-bond donors (Lipinski definition) is 2. The van der Waals surface area contributed by atoms with Gasteiger partial charge < -0.3 is 15.4 Å². The Bertz CT molecular complexity index is 781. The van der Waals surface area contributed by atoms with Crippen LogP contribution in [0.4, 0.5) is 0 Å². The zero-order valence-corrected chi connectivity index (χ0v) is 17.9. The van der Waals surface area contributed by atoms with Crippen molar-refractivity contribution in [2.45, 2.75) is 38.8 Å². The maximum absolute atomic E-state index is 5.63. The fourth-order valence-electron chi connectivity index (χ4n) is 3.88. The van der Waals surface area contributed by atoms with Gasteiger partial charge in [-0.2, -0.15) is 5.10 Å². The molecule has 1 aromatic heterocycles. The quantitative estimate of drug-likeness (QED) is 0.386. The normalized spacial score (nSPS) is 16.0. The summed E-state index contributed by atoms with van der Waals surface area (Å²) in [6.45, 7) is 6.85. The summed E-state index contributed by atoms with van der Waals surface area (Å²) < 4.78 is 7.62. The minimum absolute atomic E-state index is 0.263. The summed E-state index contributed by atoms with van der Waals surface area (Å²) in [7, 11) is 3.56. The van der Waals surface area contributed by atoms with Gasteiger partial charge in [0.15, 0.2) is 5.96 Å². The molecular weight excluding hydrogens is 364 g/mol. The molecule has 1 aliphatic heterocycles. The van der Waals surface area contributed by atoms with E-state index in [0.717, 1.165) is 50.9 Å². The maximum Gasteiger partial charge on any atom is 0.191 e. The lowest BCUT2D eigenvalue weighted by molar-refractivity contribution is 0.239. The Morgan fingerprint density at radius 2 is 2.03 bits per heavy atom. The summed E-state index contributed by atoms with van der Waals surface area (Å²) in [5, 5.41) is 11.3. The topological polar surface area (TPSA) is 66.7 Å². The second kappa shape index (κ2) is 10.9. The van der Waals surface area contributed by atoms with Crippen molar-refractivity contribution in [3.8, 4) is 5.75 Å². The van der Waals surface area contributed by atoms with Crippen molar-refractivity contribution in [3.05, 3.63) is 47.8 Å². The molecule has 1 unspecified atom stereocenters. The van der Waals surface area contributed by atoms with Gasteiger partial charge in [-0.3, -0.25) is 14.6 Å². The van der Waals surface area contributed by atoms with Gasteiger partial charge in [0.2, 0.25) is 0 Å². The first-order valence-corrected chi connectivity index (χ1v) is 10.5. The Balaban J connectivity index is 1.54. The number of rotatable bonds is 9. The number of benzene rings is 1. The molecule has 1 atom stereocenters. The number of aliphatic imine (C=N–C) groups is 1. The average molecular weight is 399 g/mol. The van der Waals surface area contributed by atoms with Crippen LogP contribution >= 0.6 is 0 Å². The van der Waals surface area contributed by atoms with Crippen LogP contribution in [0.25, 0.3) is 0 Å². The molecule has 1 aromatic carbocycles. The largest absolute Gasteiger partial charge is 0.496 e. The number of aromatic nitrogens is 2. The molecule has 29 heavy (non-hydrogen) atoms. The number of para-hydroxylation sites is 1. The zero-order valence-electron chi connectivity index (χ0n) is 17.9. The first-order valence-electron chi connectivity index (χ1n) is 10.5. The molecule has 7 nitrogen and oxygen atoms in total. The SMILES string of the molecule is CN=C(NCCCn1cc(C)cn1)NCC(c1ccccc1OC)N1CCCC1. The van der Waals surface area contributed by atoms with Crippen molar-refractivity contribution in [1.82, 2.24) is 25.3 Å². The van der Waals surface area contributed by atoms with E-state index in [4.69, 9.17) is 4.74 Å². The Morgan fingerprint density at radius 3 is 2.72 bits per heavy atom. The lowest BCUT2D eigenvalue weighted by atomic mass is 10.0. The number of aryl methyl sites for hydroxylation is 2. The first kappa shape index (κ1) is 21.2. The van der Waals surface area contributed by atoms with Crippen molar-refractivity contribution in [1.29, 1.82) is 0 Å². The van der Waals surface area contributed by atoms with Crippen LogP contribution in [0.2, 0.25) is 0 Å². The van der Waals surface area contributed by atoms with E-state index >= 15 is 0 Å². The molecule has 0 aliphatic carbocycles. The monoisotopic (exact) mass is 398 g/mol. The Labute approximate surface area is 174 Å². The third kappa shape index (κ3) is 5.97. The molecule has 2 aromatic rings. The summed E-state index contributed by atoms with van der Waals surface area (Å²) >= 11 is 0. The highest BCUT2D eigenvalue weighted by Crippen LogP contribution is 2.31. The fraction of sp³-hybridized carbons (Fsp3) is 0.545. The fourth-order valence-corrected chi connectivity index (χ4v) is 3.88.